The van der Waals surface area contributed by atoms with E-state index < -0.39 is 6.41 Å². The molecule has 8 heteroatoms. The standard InChI is InChI=1S/C11H15N5O3/c1-15(2)10-14-8-3-12-6-13-9(8)16(10)11-18-5-7(4-17)19-11/h3,6-7,11,17H,4-5H2,1-2H3/t7-,11-/m0/s1. The van der Waals surface area contributed by atoms with E-state index in [1.165, 1.54) is 6.33 Å². The number of aromatic nitrogens is 4. The Morgan fingerprint density at radius 1 is 1.53 bits per heavy atom. The molecule has 0 aliphatic carbocycles. The van der Waals surface area contributed by atoms with Gasteiger partial charge in [-0.15, -0.1) is 0 Å². The van der Waals surface area contributed by atoms with E-state index >= 15 is 0 Å². The second-order valence-corrected chi connectivity index (χ2v) is 4.49. The first-order valence-electron chi connectivity index (χ1n) is 5.94. The number of hydrogen-bond acceptors (Lipinski definition) is 7. The van der Waals surface area contributed by atoms with Gasteiger partial charge in [-0.3, -0.25) is 0 Å². The first kappa shape index (κ1) is 12.3. The molecule has 2 aromatic rings. The molecule has 3 rings (SSSR count). The van der Waals surface area contributed by atoms with Crippen molar-refractivity contribution in [3.63, 3.8) is 0 Å². The molecule has 8 nitrogen and oxygen atoms in total. The van der Waals surface area contributed by atoms with E-state index in [1.54, 1.807) is 10.8 Å². The summed E-state index contributed by atoms with van der Waals surface area (Å²) in [5.41, 5.74) is 1.31. The zero-order chi connectivity index (χ0) is 13.4. The van der Waals surface area contributed by atoms with Gasteiger partial charge in [0.1, 0.15) is 17.9 Å². The van der Waals surface area contributed by atoms with Crippen LogP contribution in [0.1, 0.15) is 6.41 Å². The minimum absolute atomic E-state index is 0.0740. The van der Waals surface area contributed by atoms with Crippen molar-refractivity contribution < 1.29 is 14.6 Å². The van der Waals surface area contributed by atoms with Crippen molar-refractivity contribution in [2.24, 2.45) is 0 Å². The number of imidazole rings is 1. The number of hydrogen-bond donors (Lipinski definition) is 1. The van der Waals surface area contributed by atoms with Crippen LogP contribution in [0.4, 0.5) is 5.95 Å². The largest absolute Gasteiger partial charge is 0.394 e. The fourth-order valence-corrected chi connectivity index (χ4v) is 2.01. The Bertz CT molecular complexity index is 585. The van der Waals surface area contributed by atoms with Gasteiger partial charge in [0.25, 0.3) is 0 Å². The maximum Gasteiger partial charge on any atom is 0.248 e. The summed E-state index contributed by atoms with van der Waals surface area (Å²) in [7, 11) is 3.76. The number of fused-ring (bicyclic) bond motifs is 1. The lowest BCUT2D eigenvalue weighted by Gasteiger charge is -2.18. The predicted molar refractivity (Wildman–Crippen MR) is 66.6 cm³/mol. The lowest BCUT2D eigenvalue weighted by atomic mass is 10.4. The van der Waals surface area contributed by atoms with Crippen molar-refractivity contribution in [1.29, 1.82) is 0 Å². The third-order valence-electron chi connectivity index (χ3n) is 2.88. The van der Waals surface area contributed by atoms with E-state index in [4.69, 9.17) is 14.6 Å². The maximum atomic E-state index is 9.11. The summed E-state index contributed by atoms with van der Waals surface area (Å²) in [6.45, 7) is 0.272. The van der Waals surface area contributed by atoms with Gasteiger partial charge in [0, 0.05) is 14.1 Å². The lowest BCUT2D eigenvalue weighted by Crippen LogP contribution is -2.21. The number of aliphatic hydroxyl groups is 1. The van der Waals surface area contributed by atoms with Gasteiger partial charge in [0.05, 0.1) is 19.4 Å². The first-order chi connectivity index (χ1) is 9.20. The Kier molecular flexibility index (Phi) is 3.05. The SMILES string of the molecule is CN(C)c1nc2cncnc2n1[C@H]1OC[C@H](CO)O1. The van der Waals surface area contributed by atoms with Crippen LogP contribution >= 0.6 is 0 Å². The summed E-state index contributed by atoms with van der Waals surface area (Å²) in [5, 5.41) is 9.11. The zero-order valence-corrected chi connectivity index (χ0v) is 10.7. The molecule has 1 N–H and O–H groups in total. The van der Waals surface area contributed by atoms with Gasteiger partial charge >= 0.3 is 0 Å². The highest BCUT2D eigenvalue weighted by molar-refractivity contribution is 5.73. The van der Waals surface area contributed by atoms with Gasteiger partial charge in [-0.1, -0.05) is 0 Å². The minimum Gasteiger partial charge on any atom is -0.394 e. The fraction of sp³-hybridized carbons (Fsp3) is 0.545. The second kappa shape index (κ2) is 4.72. The van der Waals surface area contributed by atoms with E-state index in [1.807, 2.05) is 19.0 Å². The average Bonchev–Trinajstić information content (AvgIpc) is 3.02. The molecule has 102 valence electrons. The summed E-state index contributed by atoms with van der Waals surface area (Å²) in [5.74, 6) is 0.666. The highest BCUT2D eigenvalue weighted by atomic mass is 16.7. The van der Waals surface area contributed by atoms with Gasteiger partial charge in [-0.25, -0.2) is 19.5 Å². The Balaban J connectivity index is 2.08. The average molecular weight is 265 g/mol. The zero-order valence-electron chi connectivity index (χ0n) is 10.7. The Labute approximate surface area is 109 Å². The Morgan fingerprint density at radius 2 is 2.37 bits per heavy atom. The molecule has 1 aliphatic rings. The van der Waals surface area contributed by atoms with Crippen LogP contribution in [0.15, 0.2) is 12.5 Å². The van der Waals surface area contributed by atoms with Gasteiger partial charge in [-0.2, -0.15) is 0 Å². The third kappa shape index (κ3) is 2.03. The second-order valence-electron chi connectivity index (χ2n) is 4.49. The Hall–Kier alpha value is -1.77. The summed E-state index contributed by atoms with van der Waals surface area (Å²) in [6, 6.07) is 0. The number of anilines is 1. The van der Waals surface area contributed by atoms with Gasteiger partial charge in [0.15, 0.2) is 5.65 Å². The van der Waals surface area contributed by atoms with Crippen molar-refractivity contribution in [1.82, 2.24) is 19.5 Å². The third-order valence-corrected chi connectivity index (χ3v) is 2.88. The van der Waals surface area contributed by atoms with Crippen LogP contribution in [0.25, 0.3) is 11.2 Å². The van der Waals surface area contributed by atoms with E-state index in [9.17, 15) is 0 Å². The highest BCUT2D eigenvalue weighted by Crippen LogP contribution is 2.29. The maximum absolute atomic E-state index is 9.11. The van der Waals surface area contributed by atoms with Crippen LogP contribution in [-0.4, -0.2) is 58.0 Å². The van der Waals surface area contributed by atoms with Gasteiger partial charge in [-0.05, 0) is 0 Å². The predicted octanol–water partition coefficient (Wildman–Crippen LogP) is -0.244. The van der Waals surface area contributed by atoms with Crippen LogP contribution in [0.5, 0.6) is 0 Å². The van der Waals surface area contributed by atoms with Crippen LogP contribution in [0.2, 0.25) is 0 Å². The topological polar surface area (TPSA) is 85.5 Å². The Morgan fingerprint density at radius 3 is 3.05 bits per heavy atom. The number of rotatable bonds is 3. The van der Waals surface area contributed by atoms with E-state index in [-0.39, 0.29) is 12.7 Å². The first-order valence-corrected chi connectivity index (χ1v) is 5.94. The molecule has 3 heterocycles. The van der Waals surface area contributed by atoms with Gasteiger partial charge in [0.2, 0.25) is 12.4 Å². The molecule has 0 radical (unpaired) electrons. The molecule has 1 fully saturated rings. The molecular weight excluding hydrogens is 250 g/mol. The monoisotopic (exact) mass is 265 g/mol. The molecule has 0 aromatic carbocycles. The molecule has 19 heavy (non-hydrogen) atoms. The summed E-state index contributed by atoms with van der Waals surface area (Å²) in [4.78, 5) is 14.5. The van der Waals surface area contributed by atoms with Crippen LogP contribution in [-0.2, 0) is 9.47 Å². The van der Waals surface area contributed by atoms with Crippen molar-refractivity contribution in [2.75, 3.05) is 32.2 Å². The fourth-order valence-electron chi connectivity index (χ4n) is 2.01. The molecule has 0 amide bonds. The summed E-state index contributed by atoms with van der Waals surface area (Å²) in [6.07, 6.45) is 2.15. The van der Waals surface area contributed by atoms with Crippen molar-refractivity contribution in [3.05, 3.63) is 12.5 Å². The number of nitrogens with zero attached hydrogens (tertiary/aromatic N) is 5. The van der Waals surface area contributed by atoms with E-state index in [0.717, 1.165) is 0 Å². The summed E-state index contributed by atoms with van der Waals surface area (Å²) < 4.78 is 12.9. The molecule has 0 spiro atoms. The van der Waals surface area contributed by atoms with Crippen molar-refractivity contribution >= 4 is 17.1 Å². The molecular formula is C11H15N5O3. The lowest BCUT2D eigenvalue weighted by molar-refractivity contribution is -0.116. The summed E-state index contributed by atoms with van der Waals surface area (Å²) >= 11 is 0. The van der Waals surface area contributed by atoms with Crippen molar-refractivity contribution in [2.45, 2.75) is 12.5 Å². The molecule has 2 aromatic heterocycles. The quantitative estimate of drug-likeness (QED) is 0.819. The molecule has 0 bridgehead atoms. The number of ether oxygens (including phenoxy) is 2. The van der Waals surface area contributed by atoms with Crippen LogP contribution in [0, 0.1) is 0 Å². The van der Waals surface area contributed by atoms with E-state index in [0.29, 0.717) is 23.7 Å². The van der Waals surface area contributed by atoms with Crippen LogP contribution < -0.4 is 4.90 Å². The van der Waals surface area contributed by atoms with Crippen LogP contribution in [0.3, 0.4) is 0 Å². The molecule has 0 unspecified atom stereocenters. The number of aliphatic hydroxyl groups excluding tert-OH is 1. The highest BCUT2D eigenvalue weighted by Gasteiger charge is 2.31. The molecule has 1 aliphatic heterocycles. The molecule has 1 saturated heterocycles. The van der Waals surface area contributed by atoms with Gasteiger partial charge < -0.3 is 19.5 Å². The smallest absolute Gasteiger partial charge is 0.248 e. The normalized spacial score (nSPS) is 23.1. The van der Waals surface area contributed by atoms with Crippen molar-refractivity contribution in [3.8, 4) is 0 Å². The van der Waals surface area contributed by atoms with E-state index in [2.05, 4.69) is 15.0 Å². The molecule has 2 atom stereocenters. The molecule has 0 saturated carbocycles. The minimum atomic E-state index is -0.630.